The van der Waals surface area contributed by atoms with Crippen LogP contribution in [0.15, 0.2) is 59.8 Å². The maximum Gasteiger partial charge on any atom is 0.257 e. The molecule has 2 aromatic carbocycles. The van der Waals surface area contributed by atoms with Gasteiger partial charge in [0.05, 0.1) is 10.5 Å². The summed E-state index contributed by atoms with van der Waals surface area (Å²) in [5.41, 5.74) is 2.89. The number of nitrogens with one attached hydrogen (secondary N) is 1. The number of aromatic nitrogens is 2. The second-order valence-electron chi connectivity index (χ2n) is 8.72. The molecule has 2 heterocycles. The lowest BCUT2D eigenvalue weighted by Gasteiger charge is -2.23. The number of benzene rings is 2. The Kier molecular flexibility index (Phi) is 7.57. The molecule has 0 atom stereocenters. The number of hydrogen-bond acceptors (Lipinski definition) is 5. The van der Waals surface area contributed by atoms with Crippen molar-refractivity contribution >= 4 is 27.3 Å². The number of rotatable bonds is 9. The van der Waals surface area contributed by atoms with Crippen molar-refractivity contribution in [2.75, 3.05) is 36.4 Å². The molecule has 1 N–H and O–H groups in total. The highest BCUT2D eigenvalue weighted by atomic mass is 32.2. The topological polar surface area (TPSA) is 87.5 Å². The van der Waals surface area contributed by atoms with Crippen LogP contribution in [0.3, 0.4) is 0 Å². The van der Waals surface area contributed by atoms with Crippen LogP contribution in [0.1, 0.15) is 48.4 Å². The maximum atomic E-state index is 13.4. The van der Waals surface area contributed by atoms with Crippen LogP contribution in [0.2, 0.25) is 0 Å². The fraction of sp³-hybridized carbons (Fsp3) is 0.385. The summed E-state index contributed by atoms with van der Waals surface area (Å²) >= 11 is 0. The lowest BCUT2D eigenvalue weighted by Crippen LogP contribution is -2.31. The molecule has 0 bridgehead atoms. The van der Waals surface area contributed by atoms with Gasteiger partial charge in [0.1, 0.15) is 5.82 Å². The van der Waals surface area contributed by atoms with Gasteiger partial charge >= 0.3 is 0 Å². The molecule has 0 unspecified atom stereocenters. The highest BCUT2D eigenvalue weighted by Gasteiger charge is 2.26. The summed E-state index contributed by atoms with van der Waals surface area (Å²) in [4.78, 5) is 19.9. The number of sulfonamides is 1. The minimum Gasteiger partial charge on any atom is -0.371 e. The summed E-state index contributed by atoms with van der Waals surface area (Å²) in [5, 5.41) is 2.96. The van der Waals surface area contributed by atoms with E-state index in [0.717, 1.165) is 43.0 Å². The van der Waals surface area contributed by atoms with Gasteiger partial charge in [0.25, 0.3) is 5.91 Å². The molecule has 1 amide bonds. The van der Waals surface area contributed by atoms with Crippen molar-refractivity contribution in [3.05, 3.63) is 71.8 Å². The van der Waals surface area contributed by atoms with E-state index in [-0.39, 0.29) is 10.8 Å². The zero-order chi connectivity index (χ0) is 25.0. The predicted octanol–water partition coefficient (Wildman–Crippen LogP) is 4.12. The summed E-state index contributed by atoms with van der Waals surface area (Å²) in [5.74, 6) is 0.623. The normalized spacial score (nSPS) is 14.0. The number of nitrogens with zero attached hydrogens (tertiary/aromatic N) is 4. The molecule has 1 fully saturated rings. The number of imidazole rings is 1. The van der Waals surface area contributed by atoms with Crippen LogP contribution in [0.4, 0.5) is 11.4 Å². The average Bonchev–Trinajstić information content (AvgIpc) is 3.53. The number of aryl methyl sites for hydroxylation is 1. The van der Waals surface area contributed by atoms with Gasteiger partial charge in [-0.2, -0.15) is 4.31 Å². The third-order valence-corrected chi connectivity index (χ3v) is 8.54. The average molecular weight is 496 g/mol. The van der Waals surface area contributed by atoms with E-state index in [0.29, 0.717) is 30.9 Å². The minimum atomic E-state index is -3.68. The van der Waals surface area contributed by atoms with Crippen LogP contribution >= 0.6 is 0 Å². The summed E-state index contributed by atoms with van der Waals surface area (Å²) in [6, 6.07) is 12.6. The quantitative estimate of drug-likeness (QED) is 0.482. The Morgan fingerprint density at radius 2 is 1.74 bits per heavy atom. The first kappa shape index (κ1) is 24.9. The van der Waals surface area contributed by atoms with Crippen molar-refractivity contribution in [3.63, 3.8) is 0 Å². The highest BCUT2D eigenvalue weighted by molar-refractivity contribution is 7.89. The molecule has 1 aliphatic heterocycles. The van der Waals surface area contributed by atoms with Crippen molar-refractivity contribution < 1.29 is 13.2 Å². The number of anilines is 2. The van der Waals surface area contributed by atoms with E-state index in [1.807, 2.05) is 51.2 Å². The van der Waals surface area contributed by atoms with Gasteiger partial charge in [-0.1, -0.05) is 26.0 Å². The van der Waals surface area contributed by atoms with Crippen LogP contribution in [0, 0.1) is 6.92 Å². The maximum absolute atomic E-state index is 13.4. The molecule has 0 spiro atoms. The molecular weight excluding hydrogens is 462 g/mol. The largest absolute Gasteiger partial charge is 0.371 e. The van der Waals surface area contributed by atoms with Crippen LogP contribution in [-0.2, 0) is 16.6 Å². The fourth-order valence-corrected chi connectivity index (χ4v) is 5.95. The van der Waals surface area contributed by atoms with Gasteiger partial charge in [0, 0.05) is 56.5 Å². The molecule has 0 radical (unpaired) electrons. The molecule has 1 saturated heterocycles. The van der Waals surface area contributed by atoms with Crippen LogP contribution in [0.5, 0.6) is 0 Å². The summed E-state index contributed by atoms with van der Waals surface area (Å²) in [7, 11) is -3.68. The molecule has 9 heteroatoms. The van der Waals surface area contributed by atoms with E-state index in [1.54, 1.807) is 18.3 Å². The Morgan fingerprint density at radius 3 is 2.34 bits per heavy atom. The predicted molar refractivity (Wildman–Crippen MR) is 138 cm³/mol. The number of carbonyl (C=O) groups is 1. The van der Waals surface area contributed by atoms with Crippen molar-refractivity contribution in [3.8, 4) is 0 Å². The van der Waals surface area contributed by atoms with Crippen molar-refractivity contribution in [1.29, 1.82) is 0 Å². The zero-order valence-electron chi connectivity index (χ0n) is 20.6. The Morgan fingerprint density at radius 1 is 1.06 bits per heavy atom. The molecule has 186 valence electrons. The van der Waals surface area contributed by atoms with E-state index >= 15 is 0 Å². The van der Waals surface area contributed by atoms with Gasteiger partial charge in [0.2, 0.25) is 10.0 Å². The third kappa shape index (κ3) is 5.41. The minimum absolute atomic E-state index is 0.139. The molecule has 1 aromatic heterocycles. The molecule has 3 aromatic rings. The first-order valence-corrected chi connectivity index (χ1v) is 13.5. The molecule has 4 rings (SSSR count). The molecule has 0 saturated carbocycles. The molecular formula is C26H33N5O3S. The zero-order valence-corrected chi connectivity index (χ0v) is 21.4. The first-order chi connectivity index (χ1) is 16.8. The molecule has 8 nitrogen and oxygen atoms in total. The van der Waals surface area contributed by atoms with E-state index in [2.05, 4.69) is 19.8 Å². The fourth-order valence-electron chi connectivity index (χ4n) is 4.46. The second kappa shape index (κ2) is 10.6. The molecule has 1 aliphatic rings. The van der Waals surface area contributed by atoms with Gasteiger partial charge < -0.3 is 14.8 Å². The highest BCUT2D eigenvalue weighted by Crippen LogP contribution is 2.29. The van der Waals surface area contributed by atoms with Crippen LogP contribution in [0.25, 0.3) is 0 Å². The second-order valence-corrected chi connectivity index (χ2v) is 10.7. The van der Waals surface area contributed by atoms with Gasteiger partial charge in [-0.15, -0.1) is 0 Å². The standard InChI is InChI=1S/C26H33N5O3S/c1-4-31(5-2)35(33,34)23-12-13-25(29-15-6-7-16-29)24(18-23)26(32)28-22-10-8-21(9-11-22)19-30-17-14-27-20(30)3/h8-14,17-18H,4-7,15-16,19H2,1-3H3,(H,28,32). The third-order valence-electron chi connectivity index (χ3n) is 6.49. The van der Waals surface area contributed by atoms with E-state index in [1.165, 1.54) is 10.4 Å². The van der Waals surface area contributed by atoms with Gasteiger partial charge in [-0.25, -0.2) is 13.4 Å². The number of hydrogen-bond donors (Lipinski definition) is 1. The molecule has 0 aliphatic carbocycles. The Balaban J connectivity index is 1.60. The monoisotopic (exact) mass is 495 g/mol. The number of carbonyl (C=O) groups excluding carboxylic acids is 1. The first-order valence-electron chi connectivity index (χ1n) is 12.1. The van der Waals surface area contributed by atoms with E-state index < -0.39 is 10.0 Å². The van der Waals surface area contributed by atoms with E-state index in [9.17, 15) is 13.2 Å². The SMILES string of the molecule is CCN(CC)S(=O)(=O)c1ccc(N2CCCC2)c(C(=O)Nc2ccc(Cn3ccnc3C)cc2)c1. The Bertz CT molecular complexity index is 1270. The van der Waals surface area contributed by atoms with Crippen LogP contribution < -0.4 is 10.2 Å². The Hall–Kier alpha value is -3.17. The van der Waals surface area contributed by atoms with Gasteiger partial charge in [0.15, 0.2) is 0 Å². The van der Waals surface area contributed by atoms with Gasteiger partial charge in [-0.3, -0.25) is 4.79 Å². The smallest absolute Gasteiger partial charge is 0.257 e. The Labute approximate surface area is 207 Å². The van der Waals surface area contributed by atoms with Crippen molar-refractivity contribution in [2.24, 2.45) is 0 Å². The van der Waals surface area contributed by atoms with E-state index in [4.69, 9.17) is 0 Å². The van der Waals surface area contributed by atoms with Crippen LogP contribution in [-0.4, -0.2) is 54.4 Å². The summed E-state index contributed by atoms with van der Waals surface area (Å²) < 4.78 is 29.7. The van der Waals surface area contributed by atoms with Crippen molar-refractivity contribution in [1.82, 2.24) is 13.9 Å². The lowest BCUT2D eigenvalue weighted by atomic mass is 10.1. The van der Waals surface area contributed by atoms with Gasteiger partial charge in [-0.05, 0) is 55.7 Å². The summed E-state index contributed by atoms with van der Waals surface area (Å²) in [6.45, 7) is 8.73. The van der Waals surface area contributed by atoms with Crippen molar-refractivity contribution in [2.45, 2.75) is 45.1 Å². The lowest BCUT2D eigenvalue weighted by molar-refractivity contribution is 0.102. The summed E-state index contributed by atoms with van der Waals surface area (Å²) in [6.07, 6.45) is 5.82. The number of amides is 1. The molecule has 35 heavy (non-hydrogen) atoms.